The number of hydrazine groups is 1. The van der Waals surface area contributed by atoms with Crippen LogP contribution >= 0.6 is 0 Å². The Morgan fingerprint density at radius 2 is 1.81 bits per heavy atom. The Labute approximate surface area is 95.7 Å². The van der Waals surface area contributed by atoms with E-state index in [9.17, 15) is 16.8 Å². The van der Waals surface area contributed by atoms with Gasteiger partial charge >= 0.3 is 0 Å². The van der Waals surface area contributed by atoms with Crippen LogP contribution in [0.25, 0.3) is 0 Å². The molecule has 3 N–H and O–H groups in total. The lowest BCUT2D eigenvalue weighted by Gasteiger charge is -2.23. The van der Waals surface area contributed by atoms with Crippen molar-refractivity contribution in [3.8, 4) is 0 Å². The third-order valence-electron chi connectivity index (χ3n) is 2.21. The zero-order valence-corrected chi connectivity index (χ0v) is 10.8. The molecule has 1 fully saturated rings. The van der Waals surface area contributed by atoms with Gasteiger partial charge in [-0.25, -0.2) is 5.14 Å². The van der Waals surface area contributed by atoms with Crippen molar-refractivity contribution in [2.75, 3.05) is 13.6 Å². The number of nitrogens with two attached hydrogens (primary N) is 1. The maximum absolute atomic E-state index is 11.6. The predicted molar refractivity (Wildman–Crippen MR) is 58.3 cm³/mol. The summed E-state index contributed by atoms with van der Waals surface area (Å²) in [4.78, 5) is 1.96. The molecule has 0 heterocycles. The number of hydrogen-bond donors (Lipinski definition) is 2. The molecule has 0 aliphatic heterocycles. The first-order valence-electron chi connectivity index (χ1n) is 4.74. The first kappa shape index (κ1) is 13.8. The topological polar surface area (TPSA) is 113 Å². The molecule has 10 heteroatoms. The van der Waals surface area contributed by atoms with Gasteiger partial charge < -0.3 is 0 Å². The summed E-state index contributed by atoms with van der Waals surface area (Å²) in [7, 11) is -6.56. The molecule has 0 aromatic carbocycles. The summed E-state index contributed by atoms with van der Waals surface area (Å²) in [6.45, 7) is 1.87. The molecule has 96 valence electrons. The second kappa shape index (κ2) is 4.55. The van der Waals surface area contributed by atoms with Crippen LogP contribution in [0.2, 0.25) is 0 Å². The summed E-state index contributed by atoms with van der Waals surface area (Å²) in [5.41, 5.74) is 0. The molecule has 0 aromatic heterocycles. The van der Waals surface area contributed by atoms with E-state index in [4.69, 9.17) is 5.14 Å². The summed E-state index contributed by atoms with van der Waals surface area (Å²) in [6, 6.07) is -0.366. The largest absolute Gasteiger partial charge is 0.293 e. The van der Waals surface area contributed by atoms with E-state index in [0.717, 1.165) is 4.31 Å². The minimum absolute atomic E-state index is 0.235. The molecule has 1 aliphatic rings. The van der Waals surface area contributed by atoms with Gasteiger partial charge in [0.2, 0.25) is 0 Å². The van der Waals surface area contributed by atoms with Crippen LogP contribution in [0.4, 0.5) is 0 Å². The summed E-state index contributed by atoms with van der Waals surface area (Å²) in [5.74, 6) is 0. The first-order valence-corrected chi connectivity index (χ1v) is 7.68. The lowest BCUT2D eigenvalue weighted by Crippen LogP contribution is -2.53. The highest BCUT2D eigenvalue weighted by molar-refractivity contribution is 7.89. The molecule has 0 atom stereocenters. The third kappa shape index (κ3) is 3.37. The van der Waals surface area contributed by atoms with Gasteiger partial charge in [0.1, 0.15) is 0 Å². The van der Waals surface area contributed by atoms with Crippen LogP contribution < -0.4 is 9.97 Å². The van der Waals surface area contributed by atoms with Crippen molar-refractivity contribution in [2.45, 2.75) is 25.8 Å². The molecule has 0 saturated heterocycles. The van der Waals surface area contributed by atoms with Gasteiger partial charge in [-0.05, 0) is 12.8 Å². The molecule has 0 radical (unpaired) electrons. The minimum atomic E-state index is -4.06. The molecule has 1 aliphatic carbocycles. The highest BCUT2D eigenvalue weighted by Crippen LogP contribution is 2.26. The molecule has 0 aromatic rings. The Morgan fingerprint density at radius 3 is 2.12 bits per heavy atom. The van der Waals surface area contributed by atoms with Gasteiger partial charge in [0.05, 0.1) is 0 Å². The lowest BCUT2D eigenvalue weighted by atomic mass is 10.8. The smallest absolute Gasteiger partial charge is 0.214 e. The fourth-order valence-electron chi connectivity index (χ4n) is 0.997. The standard InChI is InChI=1S/C6H16N4O4S2/c1-3-9(2)16(13,14)8-10(6-4-5-6)15(7,11)12/h6,8H,3-5H2,1-2H3,(H2,7,11,12). The maximum Gasteiger partial charge on any atom is 0.293 e. The van der Waals surface area contributed by atoms with Crippen molar-refractivity contribution in [1.29, 1.82) is 0 Å². The second-order valence-corrected chi connectivity index (χ2v) is 6.76. The van der Waals surface area contributed by atoms with E-state index in [0.29, 0.717) is 17.3 Å². The molecule has 0 unspecified atom stereocenters. The summed E-state index contributed by atoms with van der Waals surface area (Å²) < 4.78 is 47.1. The SMILES string of the molecule is CCN(C)S(=O)(=O)NN(C1CC1)S(N)(=O)=O. The van der Waals surface area contributed by atoms with E-state index in [2.05, 4.69) is 0 Å². The molecule has 1 saturated carbocycles. The molecular formula is C6H16N4O4S2. The first-order chi connectivity index (χ1) is 7.18. The van der Waals surface area contributed by atoms with E-state index in [-0.39, 0.29) is 12.6 Å². The zero-order valence-electron chi connectivity index (χ0n) is 9.12. The third-order valence-corrected chi connectivity index (χ3v) is 4.77. The lowest BCUT2D eigenvalue weighted by molar-refractivity contribution is 0.350. The van der Waals surface area contributed by atoms with Crippen molar-refractivity contribution in [3.05, 3.63) is 0 Å². The normalized spacial score (nSPS) is 18.3. The van der Waals surface area contributed by atoms with Gasteiger partial charge in [-0.1, -0.05) is 6.92 Å². The predicted octanol–water partition coefficient (Wildman–Crippen LogP) is -1.64. The number of rotatable bonds is 6. The highest BCUT2D eigenvalue weighted by Gasteiger charge is 2.39. The minimum Gasteiger partial charge on any atom is -0.214 e. The number of hydrogen-bond acceptors (Lipinski definition) is 4. The van der Waals surface area contributed by atoms with Crippen molar-refractivity contribution < 1.29 is 16.8 Å². The second-order valence-electron chi connectivity index (χ2n) is 3.58. The Balaban J connectivity index is 2.85. The van der Waals surface area contributed by atoms with Gasteiger partial charge in [0.25, 0.3) is 20.4 Å². The Morgan fingerprint density at radius 1 is 1.31 bits per heavy atom. The van der Waals surface area contributed by atoms with Gasteiger partial charge in [-0.15, -0.1) is 9.25 Å². The monoisotopic (exact) mass is 272 g/mol. The van der Waals surface area contributed by atoms with E-state index in [1.807, 2.05) is 4.83 Å². The van der Waals surface area contributed by atoms with Crippen LogP contribution in [0.3, 0.4) is 0 Å². The zero-order chi connectivity index (χ0) is 12.6. The van der Waals surface area contributed by atoms with Crippen LogP contribution in [0.1, 0.15) is 19.8 Å². The molecule has 1 rings (SSSR count). The quantitative estimate of drug-likeness (QED) is 0.564. The van der Waals surface area contributed by atoms with Gasteiger partial charge in [-0.2, -0.15) is 21.1 Å². The van der Waals surface area contributed by atoms with Crippen LogP contribution in [-0.2, 0) is 20.4 Å². The van der Waals surface area contributed by atoms with Crippen molar-refractivity contribution in [1.82, 2.24) is 13.6 Å². The molecule has 0 amide bonds. The van der Waals surface area contributed by atoms with Crippen molar-refractivity contribution in [2.24, 2.45) is 5.14 Å². The molecular weight excluding hydrogens is 256 g/mol. The summed E-state index contributed by atoms with van der Waals surface area (Å²) >= 11 is 0. The fourth-order valence-corrected chi connectivity index (χ4v) is 3.18. The highest BCUT2D eigenvalue weighted by atomic mass is 32.2. The Bertz CT molecular complexity index is 441. The van der Waals surface area contributed by atoms with Crippen molar-refractivity contribution in [3.63, 3.8) is 0 Å². The van der Waals surface area contributed by atoms with Gasteiger partial charge in [0, 0.05) is 19.6 Å². The van der Waals surface area contributed by atoms with E-state index in [1.165, 1.54) is 7.05 Å². The van der Waals surface area contributed by atoms with Crippen LogP contribution in [0.5, 0.6) is 0 Å². The summed E-state index contributed by atoms with van der Waals surface area (Å²) in [6.07, 6.45) is 1.21. The van der Waals surface area contributed by atoms with E-state index >= 15 is 0 Å². The van der Waals surface area contributed by atoms with Crippen molar-refractivity contribution >= 4 is 20.4 Å². The molecule has 8 nitrogen and oxygen atoms in total. The average molecular weight is 272 g/mol. The van der Waals surface area contributed by atoms with Crippen LogP contribution in [-0.4, -0.2) is 45.2 Å². The van der Waals surface area contributed by atoms with Crippen LogP contribution in [0.15, 0.2) is 0 Å². The fraction of sp³-hybridized carbons (Fsp3) is 1.00. The van der Waals surface area contributed by atoms with E-state index < -0.39 is 20.4 Å². The van der Waals surface area contributed by atoms with Gasteiger partial charge in [-0.3, -0.25) is 0 Å². The Kier molecular flexibility index (Phi) is 3.92. The number of nitrogens with zero attached hydrogens (tertiary/aromatic N) is 2. The Hall–Kier alpha value is -0.260. The summed E-state index contributed by atoms with van der Waals surface area (Å²) in [5, 5.41) is 4.92. The maximum atomic E-state index is 11.6. The van der Waals surface area contributed by atoms with E-state index in [1.54, 1.807) is 6.92 Å². The molecule has 0 bridgehead atoms. The van der Waals surface area contributed by atoms with Gasteiger partial charge in [0.15, 0.2) is 0 Å². The molecule has 0 spiro atoms. The average Bonchev–Trinajstić information content (AvgIpc) is 2.94. The molecule has 16 heavy (non-hydrogen) atoms. The number of nitrogens with one attached hydrogen (secondary N) is 1. The van der Waals surface area contributed by atoms with Crippen LogP contribution in [0, 0.1) is 0 Å².